The molecule has 5 aromatic rings. The molecule has 0 amide bonds. The molecule has 8 heteroatoms. The van der Waals surface area contributed by atoms with Crippen LogP contribution in [0.4, 0.5) is 11.4 Å². The fourth-order valence-corrected chi connectivity index (χ4v) is 3.46. The van der Waals surface area contributed by atoms with Crippen LogP contribution in [0.5, 0.6) is 0 Å². The number of nitrogens with zero attached hydrogens (tertiary/aromatic N) is 2. The second kappa shape index (κ2) is 7.66. The fraction of sp³-hybridized carbons (Fsp3) is 0.0833. The second-order valence-corrected chi connectivity index (χ2v) is 7.15. The van der Waals surface area contributed by atoms with Gasteiger partial charge < -0.3 is 19.5 Å². The average molecular weight is 426 g/mol. The highest BCUT2D eigenvalue weighted by Crippen LogP contribution is 2.25. The fourth-order valence-electron chi connectivity index (χ4n) is 3.46. The van der Waals surface area contributed by atoms with Crippen LogP contribution in [0.2, 0.25) is 0 Å². The molecule has 3 aromatic carbocycles. The Kier molecular flexibility index (Phi) is 4.67. The smallest absolute Gasteiger partial charge is 0.347 e. The molecule has 0 radical (unpaired) electrons. The van der Waals surface area contributed by atoms with Gasteiger partial charge in [-0.05, 0) is 60.7 Å². The summed E-state index contributed by atoms with van der Waals surface area (Å²) in [4.78, 5) is 33.8. The van der Waals surface area contributed by atoms with Gasteiger partial charge in [0.25, 0.3) is 0 Å². The van der Waals surface area contributed by atoms with E-state index in [1.165, 1.54) is 0 Å². The Morgan fingerprint density at radius 1 is 0.625 bits per heavy atom. The molecule has 0 saturated heterocycles. The molecule has 2 aromatic heterocycles. The third-order valence-electron chi connectivity index (χ3n) is 5.21. The lowest BCUT2D eigenvalue weighted by Gasteiger charge is -2.06. The molecule has 2 heterocycles. The number of rotatable bonds is 4. The maximum absolute atomic E-state index is 12.4. The molecule has 0 unspecified atom stereocenters. The van der Waals surface area contributed by atoms with E-state index < -0.39 is 11.3 Å². The van der Waals surface area contributed by atoms with Crippen LogP contribution in [0.15, 0.2) is 79.1 Å². The van der Waals surface area contributed by atoms with Gasteiger partial charge in [0.05, 0.1) is 21.8 Å². The summed E-state index contributed by atoms with van der Waals surface area (Å²) in [5.74, 6) is 0.414. The third kappa shape index (κ3) is 3.37. The predicted octanol–water partition coefficient (Wildman–Crippen LogP) is 4.11. The molecule has 0 bridgehead atoms. The van der Waals surface area contributed by atoms with E-state index in [0.717, 1.165) is 11.4 Å². The molecule has 0 aliphatic heterocycles. The number of hydrogen-bond donors (Lipinski definition) is 2. The Bertz CT molecular complexity index is 1470. The van der Waals surface area contributed by atoms with Crippen molar-refractivity contribution in [3.05, 3.63) is 81.5 Å². The molecule has 0 fully saturated rings. The van der Waals surface area contributed by atoms with E-state index in [1.54, 1.807) is 62.6 Å². The zero-order chi connectivity index (χ0) is 22.2. The van der Waals surface area contributed by atoms with E-state index in [9.17, 15) is 9.59 Å². The number of fused-ring (bicyclic) bond motifs is 2. The first-order valence-corrected chi connectivity index (χ1v) is 9.92. The molecule has 5 rings (SSSR count). The lowest BCUT2D eigenvalue weighted by atomic mass is 10.1. The molecule has 0 atom stereocenters. The molecule has 158 valence electrons. The summed E-state index contributed by atoms with van der Waals surface area (Å²) in [6.07, 6.45) is 0. The van der Waals surface area contributed by atoms with Gasteiger partial charge in [0.1, 0.15) is 0 Å². The first-order chi connectivity index (χ1) is 15.6. The molecule has 0 saturated carbocycles. The first-order valence-electron chi connectivity index (χ1n) is 9.92. The molecule has 32 heavy (non-hydrogen) atoms. The van der Waals surface area contributed by atoms with Crippen molar-refractivity contribution in [1.82, 2.24) is 9.97 Å². The topological polar surface area (TPSA) is 110 Å². The van der Waals surface area contributed by atoms with Crippen molar-refractivity contribution in [1.29, 1.82) is 0 Å². The van der Waals surface area contributed by atoms with Gasteiger partial charge in [-0.1, -0.05) is 0 Å². The predicted molar refractivity (Wildman–Crippen MR) is 124 cm³/mol. The summed E-state index contributed by atoms with van der Waals surface area (Å²) in [6, 6.07) is 17.6. The van der Waals surface area contributed by atoms with Crippen molar-refractivity contribution in [3.8, 4) is 22.9 Å². The number of nitrogens with one attached hydrogen (secondary N) is 2. The summed E-state index contributed by atoms with van der Waals surface area (Å²) in [5, 5.41) is 6.78. The Labute approximate surface area is 181 Å². The molecule has 0 aliphatic rings. The third-order valence-corrected chi connectivity index (χ3v) is 5.21. The van der Waals surface area contributed by atoms with Crippen molar-refractivity contribution in [2.75, 3.05) is 24.7 Å². The van der Waals surface area contributed by atoms with Crippen molar-refractivity contribution < 1.29 is 8.83 Å². The molecule has 0 spiro atoms. The van der Waals surface area contributed by atoms with Crippen LogP contribution in [0.3, 0.4) is 0 Å². The molecular formula is C24H18N4O4. The Hall–Kier alpha value is -4.46. The van der Waals surface area contributed by atoms with Gasteiger partial charge >= 0.3 is 11.3 Å². The largest absolute Gasteiger partial charge is 0.403 e. The van der Waals surface area contributed by atoms with Crippen LogP contribution in [0.1, 0.15) is 0 Å². The van der Waals surface area contributed by atoms with Gasteiger partial charge in [-0.15, -0.1) is 0 Å². The maximum Gasteiger partial charge on any atom is 0.347 e. The van der Waals surface area contributed by atoms with Crippen LogP contribution in [-0.2, 0) is 0 Å². The minimum absolute atomic E-state index is 0.207. The van der Waals surface area contributed by atoms with E-state index in [0.29, 0.717) is 32.9 Å². The van der Waals surface area contributed by atoms with Crippen LogP contribution in [0, 0.1) is 0 Å². The van der Waals surface area contributed by atoms with Crippen molar-refractivity contribution >= 4 is 33.2 Å². The first kappa shape index (κ1) is 19.5. The number of benzene rings is 3. The SMILES string of the molecule is CNc1ccc2nc(-c3ccc(-c4nc5ccc(NC)cc5c(=O)o4)cc3)oc(=O)c2c1. The van der Waals surface area contributed by atoms with Crippen molar-refractivity contribution in [2.45, 2.75) is 0 Å². The van der Waals surface area contributed by atoms with Crippen LogP contribution in [0.25, 0.3) is 44.7 Å². The lowest BCUT2D eigenvalue weighted by Crippen LogP contribution is -2.04. The minimum Gasteiger partial charge on any atom is -0.403 e. The van der Waals surface area contributed by atoms with E-state index in [1.807, 2.05) is 12.1 Å². The van der Waals surface area contributed by atoms with E-state index in [-0.39, 0.29) is 11.8 Å². The monoisotopic (exact) mass is 426 g/mol. The Balaban J connectivity index is 1.53. The lowest BCUT2D eigenvalue weighted by molar-refractivity contribution is 0.516. The summed E-state index contributed by atoms with van der Waals surface area (Å²) < 4.78 is 10.9. The standard InChI is InChI=1S/C24H18N4O4/c1-25-15-7-9-19-17(11-15)23(29)31-21(27-19)13-3-5-14(6-4-13)22-28-20-10-8-16(26-2)12-18(20)24(30)32-22/h3-12,25-26H,1-2H3. The summed E-state index contributed by atoms with van der Waals surface area (Å²) in [7, 11) is 3.55. The highest BCUT2D eigenvalue weighted by molar-refractivity contribution is 5.83. The van der Waals surface area contributed by atoms with Gasteiger partial charge in [0.2, 0.25) is 11.8 Å². The minimum atomic E-state index is -0.464. The van der Waals surface area contributed by atoms with Gasteiger partial charge in [-0.3, -0.25) is 0 Å². The molecule has 2 N–H and O–H groups in total. The zero-order valence-corrected chi connectivity index (χ0v) is 17.3. The molecule has 0 aliphatic carbocycles. The van der Waals surface area contributed by atoms with Crippen LogP contribution in [-0.4, -0.2) is 24.1 Å². The molecular weight excluding hydrogens is 408 g/mol. The Morgan fingerprint density at radius 2 is 1.03 bits per heavy atom. The van der Waals surface area contributed by atoms with Gasteiger partial charge in [-0.25, -0.2) is 19.6 Å². The van der Waals surface area contributed by atoms with E-state index in [2.05, 4.69) is 20.6 Å². The number of anilines is 2. The summed E-state index contributed by atoms with van der Waals surface area (Å²) in [6.45, 7) is 0. The highest BCUT2D eigenvalue weighted by Gasteiger charge is 2.12. The summed E-state index contributed by atoms with van der Waals surface area (Å²) in [5.41, 5.74) is 3.00. The number of aromatic nitrogens is 2. The van der Waals surface area contributed by atoms with Gasteiger partial charge in [0.15, 0.2) is 0 Å². The summed E-state index contributed by atoms with van der Waals surface area (Å²) >= 11 is 0. The highest BCUT2D eigenvalue weighted by atomic mass is 16.4. The van der Waals surface area contributed by atoms with Crippen LogP contribution >= 0.6 is 0 Å². The van der Waals surface area contributed by atoms with Gasteiger partial charge in [0, 0.05) is 36.6 Å². The van der Waals surface area contributed by atoms with Crippen molar-refractivity contribution in [3.63, 3.8) is 0 Å². The van der Waals surface area contributed by atoms with Crippen molar-refractivity contribution in [2.24, 2.45) is 0 Å². The van der Waals surface area contributed by atoms with E-state index >= 15 is 0 Å². The quantitative estimate of drug-likeness (QED) is 0.442. The molecule has 8 nitrogen and oxygen atoms in total. The van der Waals surface area contributed by atoms with Crippen LogP contribution < -0.4 is 21.9 Å². The van der Waals surface area contributed by atoms with E-state index in [4.69, 9.17) is 8.83 Å². The van der Waals surface area contributed by atoms with Gasteiger partial charge in [-0.2, -0.15) is 0 Å². The average Bonchev–Trinajstić information content (AvgIpc) is 2.83. The normalized spacial score (nSPS) is 11.1. The zero-order valence-electron chi connectivity index (χ0n) is 17.3. The number of hydrogen-bond acceptors (Lipinski definition) is 8. The Morgan fingerprint density at radius 3 is 1.41 bits per heavy atom. The maximum atomic E-state index is 12.4. The second-order valence-electron chi connectivity index (χ2n) is 7.15.